The van der Waals surface area contributed by atoms with Crippen LogP contribution in [0.4, 0.5) is 5.82 Å². The number of rotatable bonds is 4. The lowest BCUT2D eigenvalue weighted by Crippen LogP contribution is -2.46. The van der Waals surface area contributed by atoms with Crippen molar-refractivity contribution in [2.45, 2.75) is 57.9 Å². The Labute approximate surface area is 167 Å². The number of aromatic nitrogens is 2. The Hall–Kier alpha value is -2.43. The van der Waals surface area contributed by atoms with E-state index < -0.39 is 0 Å². The third-order valence-corrected chi connectivity index (χ3v) is 6.02. The van der Waals surface area contributed by atoms with E-state index in [0.29, 0.717) is 6.04 Å². The number of anilines is 1. The number of piperidine rings is 1. The minimum Gasteiger partial charge on any atom is -0.356 e. The van der Waals surface area contributed by atoms with Crippen molar-refractivity contribution < 1.29 is 4.79 Å². The van der Waals surface area contributed by atoms with Gasteiger partial charge in [-0.1, -0.05) is 49.1 Å². The maximum atomic E-state index is 12.8. The molecule has 1 saturated heterocycles. The van der Waals surface area contributed by atoms with E-state index in [1.165, 1.54) is 24.8 Å². The van der Waals surface area contributed by atoms with Gasteiger partial charge in [0.1, 0.15) is 5.82 Å². The second-order valence-electron chi connectivity index (χ2n) is 8.23. The van der Waals surface area contributed by atoms with Crippen molar-refractivity contribution in [2.24, 2.45) is 5.92 Å². The zero-order valence-electron chi connectivity index (χ0n) is 16.7. The highest BCUT2D eigenvalue weighted by molar-refractivity contribution is 5.80. The third-order valence-electron chi connectivity index (χ3n) is 6.02. The van der Waals surface area contributed by atoms with Crippen LogP contribution in [0.2, 0.25) is 0 Å². The first-order valence-electron chi connectivity index (χ1n) is 10.6. The lowest BCUT2D eigenvalue weighted by atomic mass is 9.93. The molecule has 0 radical (unpaired) electrons. The molecule has 28 heavy (non-hydrogen) atoms. The Kier molecular flexibility index (Phi) is 5.89. The fourth-order valence-electron chi connectivity index (χ4n) is 4.33. The summed E-state index contributed by atoms with van der Waals surface area (Å²) in [5.74, 6) is 1.94. The Balaban J connectivity index is 1.43. The number of carbonyl (C=O) groups excluding carboxylic acids is 1. The van der Waals surface area contributed by atoms with Crippen LogP contribution in [0.15, 0.2) is 36.5 Å². The topological polar surface area (TPSA) is 58.1 Å². The summed E-state index contributed by atoms with van der Waals surface area (Å²) in [6.07, 6.45) is 9.86. The van der Waals surface area contributed by atoms with Gasteiger partial charge >= 0.3 is 0 Å². The molecule has 1 N–H and O–H groups in total. The Morgan fingerprint density at radius 3 is 2.61 bits per heavy atom. The van der Waals surface area contributed by atoms with E-state index in [9.17, 15) is 4.79 Å². The summed E-state index contributed by atoms with van der Waals surface area (Å²) in [6.45, 7) is 3.76. The molecule has 4 rings (SSSR count). The maximum Gasteiger partial charge on any atom is 0.225 e. The van der Waals surface area contributed by atoms with Gasteiger partial charge in [-0.25, -0.2) is 9.97 Å². The minimum atomic E-state index is 0.0495. The summed E-state index contributed by atoms with van der Waals surface area (Å²) < 4.78 is 0. The standard InChI is InChI=1S/C23H30N4O/c1-17-9-11-18(12-10-17)22-24-14-13-21(26-22)27-15-5-6-19(16-27)23(28)25-20-7-3-2-4-8-20/h9-14,19-20H,2-8,15-16H2,1H3,(H,25,28)/t19-/m1/s1. The molecule has 148 valence electrons. The summed E-state index contributed by atoms with van der Waals surface area (Å²) in [4.78, 5) is 24.3. The predicted octanol–water partition coefficient (Wildman–Crippen LogP) is 4.12. The summed E-state index contributed by atoms with van der Waals surface area (Å²) in [6, 6.07) is 10.6. The lowest BCUT2D eigenvalue weighted by molar-refractivity contribution is -0.126. The quantitative estimate of drug-likeness (QED) is 0.870. The number of nitrogens with one attached hydrogen (secondary N) is 1. The van der Waals surface area contributed by atoms with Gasteiger partial charge in [0.05, 0.1) is 5.92 Å². The number of amides is 1. The first-order chi connectivity index (χ1) is 13.7. The van der Waals surface area contributed by atoms with Crippen LogP contribution >= 0.6 is 0 Å². The van der Waals surface area contributed by atoms with E-state index in [0.717, 1.165) is 56.0 Å². The Bertz CT molecular complexity index is 799. The molecule has 1 amide bonds. The minimum absolute atomic E-state index is 0.0495. The van der Waals surface area contributed by atoms with Gasteiger partial charge in [0.15, 0.2) is 5.82 Å². The fourth-order valence-corrected chi connectivity index (χ4v) is 4.33. The van der Waals surface area contributed by atoms with Crippen LogP contribution in [-0.2, 0) is 4.79 Å². The van der Waals surface area contributed by atoms with Crippen LogP contribution in [-0.4, -0.2) is 35.0 Å². The zero-order valence-corrected chi connectivity index (χ0v) is 16.7. The van der Waals surface area contributed by atoms with Crippen LogP contribution in [0.3, 0.4) is 0 Å². The van der Waals surface area contributed by atoms with Crippen molar-refractivity contribution >= 4 is 11.7 Å². The zero-order chi connectivity index (χ0) is 19.3. The third kappa shape index (κ3) is 4.51. The smallest absolute Gasteiger partial charge is 0.225 e. The van der Waals surface area contributed by atoms with Gasteiger partial charge in [-0.3, -0.25) is 4.79 Å². The van der Waals surface area contributed by atoms with Gasteiger partial charge in [-0.05, 0) is 38.7 Å². The second-order valence-corrected chi connectivity index (χ2v) is 8.23. The number of carbonyl (C=O) groups is 1. The molecule has 2 aromatic rings. The molecule has 2 heterocycles. The highest BCUT2D eigenvalue weighted by Gasteiger charge is 2.28. The van der Waals surface area contributed by atoms with Gasteiger partial charge < -0.3 is 10.2 Å². The molecule has 0 bridgehead atoms. The number of hydrogen-bond acceptors (Lipinski definition) is 4. The van der Waals surface area contributed by atoms with E-state index >= 15 is 0 Å². The van der Waals surface area contributed by atoms with Crippen LogP contribution in [0.1, 0.15) is 50.5 Å². The monoisotopic (exact) mass is 378 g/mol. The summed E-state index contributed by atoms with van der Waals surface area (Å²) in [5.41, 5.74) is 2.25. The van der Waals surface area contributed by atoms with Gasteiger partial charge in [0.2, 0.25) is 5.91 Å². The van der Waals surface area contributed by atoms with E-state index in [4.69, 9.17) is 4.98 Å². The van der Waals surface area contributed by atoms with Crippen LogP contribution in [0.5, 0.6) is 0 Å². The molecule has 1 aliphatic carbocycles. The molecule has 0 unspecified atom stereocenters. The highest BCUT2D eigenvalue weighted by Crippen LogP contribution is 2.25. The normalized spacial score (nSPS) is 20.8. The molecule has 2 aliphatic rings. The summed E-state index contributed by atoms with van der Waals surface area (Å²) in [5, 5.41) is 3.30. The molecule has 5 heteroatoms. The van der Waals surface area contributed by atoms with E-state index in [2.05, 4.69) is 46.4 Å². The van der Waals surface area contributed by atoms with Gasteiger partial charge in [0.25, 0.3) is 0 Å². The van der Waals surface area contributed by atoms with E-state index in [1.807, 2.05) is 12.3 Å². The Morgan fingerprint density at radius 2 is 1.82 bits per heavy atom. The largest absolute Gasteiger partial charge is 0.356 e. The molecule has 5 nitrogen and oxygen atoms in total. The molecular formula is C23H30N4O. The predicted molar refractivity (Wildman–Crippen MR) is 112 cm³/mol. The molecule has 1 aromatic carbocycles. The molecule has 1 aliphatic heterocycles. The van der Waals surface area contributed by atoms with Gasteiger partial charge in [-0.2, -0.15) is 0 Å². The molecule has 1 atom stereocenters. The van der Waals surface area contributed by atoms with Crippen molar-refractivity contribution in [1.29, 1.82) is 0 Å². The SMILES string of the molecule is Cc1ccc(-c2nccc(N3CCC[C@@H](C(=O)NC4CCCCC4)C3)n2)cc1. The maximum absolute atomic E-state index is 12.8. The molecule has 1 aromatic heterocycles. The summed E-state index contributed by atoms with van der Waals surface area (Å²) in [7, 11) is 0. The van der Waals surface area contributed by atoms with E-state index in [1.54, 1.807) is 0 Å². The van der Waals surface area contributed by atoms with Crippen LogP contribution in [0.25, 0.3) is 11.4 Å². The van der Waals surface area contributed by atoms with Gasteiger partial charge in [0, 0.05) is 30.9 Å². The average Bonchev–Trinajstić information content (AvgIpc) is 2.75. The van der Waals surface area contributed by atoms with Crippen molar-refractivity contribution in [3.63, 3.8) is 0 Å². The van der Waals surface area contributed by atoms with Crippen LogP contribution < -0.4 is 10.2 Å². The number of benzene rings is 1. The second kappa shape index (κ2) is 8.72. The fraction of sp³-hybridized carbons (Fsp3) is 0.522. The summed E-state index contributed by atoms with van der Waals surface area (Å²) >= 11 is 0. The molecule has 0 spiro atoms. The van der Waals surface area contributed by atoms with E-state index in [-0.39, 0.29) is 11.8 Å². The first-order valence-corrected chi connectivity index (χ1v) is 10.6. The molecular weight excluding hydrogens is 348 g/mol. The average molecular weight is 379 g/mol. The van der Waals surface area contributed by atoms with Crippen molar-refractivity contribution in [1.82, 2.24) is 15.3 Å². The van der Waals surface area contributed by atoms with Crippen LogP contribution in [0, 0.1) is 12.8 Å². The van der Waals surface area contributed by atoms with Crippen molar-refractivity contribution in [3.05, 3.63) is 42.1 Å². The van der Waals surface area contributed by atoms with Gasteiger partial charge in [-0.15, -0.1) is 0 Å². The highest BCUT2D eigenvalue weighted by atomic mass is 16.2. The number of hydrogen-bond donors (Lipinski definition) is 1. The first kappa shape index (κ1) is 18.9. The van der Waals surface area contributed by atoms with Crippen molar-refractivity contribution in [3.8, 4) is 11.4 Å². The lowest BCUT2D eigenvalue weighted by Gasteiger charge is -2.34. The van der Waals surface area contributed by atoms with Crippen molar-refractivity contribution in [2.75, 3.05) is 18.0 Å². The number of nitrogens with zero attached hydrogens (tertiary/aromatic N) is 3. The number of aryl methyl sites for hydroxylation is 1. The Morgan fingerprint density at radius 1 is 1.04 bits per heavy atom. The molecule has 2 fully saturated rings. The molecule has 1 saturated carbocycles.